The molecule has 7 heteroatoms. The molecule has 3 heterocycles. The molecule has 2 fully saturated rings. The first-order valence-electron chi connectivity index (χ1n) is 8.51. The summed E-state index contributed by atoms with van der Waals surface area (Å²) < 4.78 is 5.31. The fraction of sp³-hybridized carbons (Fsp3) is 0.647. The Labute approximate surface area is 146 Å². The van der Waals surface area contributed by atoms with Gasteiger partial charge < -0.3 is 20.7 Å². The van der Waals surface area contributed by atoms with Gasteiger partial charge in [0, 0.05) is 37.2 Å². The van der Waals surface area contributed by atoms with Crippen LogP contribution >= 0.6 is 11.3 Å². The molecule has 1 aromatic rings. The van der Waals surface area contributed by atoms with Gasteiger partial charge in [0.05, 0.1) is 10.4 Å². The van der Waals surface area contributed by atoms with E-state index in [2.05, 4.69) is 5.32 Å². The highest BCUT2D eigenvalue weighted by atomic mass is 32.1. The summed E-state index contributed by atoms with van der Waals surface area (Å²) in [5, 5.41) is 3.08. The van der Waals surface area contributed by atoms with Gasteiger partial charge in [0.15, 0.2) is 0 Å². The third-order valence-corrected chi connectivity index (χ3v) is 5.89. The van der Waals surface area contributed by atoms with Crippen LogP contribution in [0.25, 0.3) is 0 Å². The van der Waals surface area contributed by atoms with E-state index in [1.165, 1.54) is 11.3 Å². The predicted octanol–water partition coefficient (Wildman–Crippen LogP) is 1.29. The third-order valence-electron chi connectivity index (χ3n) is 4.89. The molecule has 132 valence electrons. The van der Waals surface area contributed by atoms with E-state index in [0.717, 1.165) is 22.6 Å². The Kier molecular flexibility index (Phi) is 5.22. The number of rotatable bonds is 3. The number of carbonyl (C=O) groups is 2. The number of likely N-dealkylation sites (tertiary alicyclic amines) is 1. The van der Waals surface area contributed by atoms with E-state index in [9.17, 15) is 9.59 Å². The number of amides is 2. The van der Waals surface area contributed by atoms with E-state index in [1.54, 1.807) is 0 Å². The average Bonchev–Trinajstić information content (AvgIpc) is 3.02. The second-order valence-corrected chi connectivity index (χ2v) is 8.01. The van der Waals surface area contributed by atoms with Crippen LogP contribution in [0.2, 0.25) is 0 Å². The topological polar surface area (TPSA) is 84.7 Å². The smallest absolute Gasteiger partial charge is 0.261 e. The third kappa shape index (κ3) is 3.79. The average molecular weight is 351 g/mol. The normalized spacial score (nSPS) is 21.5. The number of hydrogen-bond donors (Lipinski definition) is 2. The Morgan fingerprint density at radius 1 is 1.29 bits per heavy atom. The molecule has 3 rings (SSSR count). The molecule has 2 saturated heterocycles. The molecule has 1 aromatic heterocycles. The number of aryl methyl sites for hydroxylation is 1. The van der Waals surface area contributed by atoms with Crippen molar-refractivity contribution in [1.82, 2.24) is 10.2 Å². The van der Waals surface area contributed by atoms with E-state index in [4.69, 9.17) is 10.5 Å². The Bertz CT molecular complexity index is 602. The lowest BCUT2D eigenvalue weighted by Gasteiger charge is -2.40. The van der Waals surface area contributed by atoms with Crippen molar-refractivity contribution in [3.63, 3.8) is 0 Å². The molecule has 24 heavy (non-hydrogen) atoms. The van der Waals surface area contributed by atoms with Gasteiger partial charge in [-0.3, -0.25) is 9.59 Å². The second kappa shape index (κ2) is 7.21. The van der Waals surface area contributed by atoms with E-state index in [1.807, 2.05) is 24.0 Å². The maximum atomic E-state index is 12.7. The molecule has 0 unspecified atom stereocenters. The van der Waals surface area contributed by atoms with Crippen molar-refractivity contribution in [3.8, 4) is 0 Å². The first-order chi connectivity index (χ1) is 11.5. The van der Waals surface area contributed by atoms with Gasteiger partial charge in [-0.2, -0.15) is 0 Å². The van der Waals surface area contributed by atoms with Gasteiger partial charge in [-0.1, -0.05) is 0 Å². The predicted molar refractivity (Wildman–Crippen MR) is 93.1 cm³/mol. The van der Waals surface area contributed by atoms with Gasteiger partial charge in [-0.25, -0.2) is 0 Å². The van der Waals surface area contributed by atoms with Crippen molar-refractivity contribution in [1.29, 1.82) is 0 Å². The van der Waals surface area contributed by atoms with Crippen molar-refractivity contribution < 1.29 is 14.3 Å². The minimum Gasteiger partial charge on any atom is -0.381 e. The molecular weight excluding hydrogens is 326 g/mol. The quantitative estimate of drug-likeness (QED) is 0.859. The lowest BCUT2D eigenvalue weighted by atomic mass is 9.88. The van der Waals surface area contributed by atoms with Gasteiger partial charge in [0.25, 0.3) is 5.91 Å². The van der Waals surface area contributed by atoms with Gasteiger partial charge >= 0.3 is 0 Å². The van der Waals surface area contributed by atoms with E-state index in [-0.39, 0.29) is 17.9 Å². The summed E-state index contributed by atoms with van der Waals surface area (Å²) in [6, 6.07) is 3.93. The maximum Gasteiger partial charge on any atom is 0.261 e. The fourth-order valence-corrected chi connectivity index (χ4v) is 4.08. The highest BCUT2D eigenvalue weighted by molar-refractivity contribution is 7.13. The first kappa shape index (κ1) is 17.4. The number of nitrogens with zero attached hydrogens (tertiary/aromatic N) is 1. The van der Waals surface area contributed by atoms with Crippen molar-refractivity contribution in [2.45, 2.75) is 44.2 Å². The van der Waals surface area contributed by atoms with Crippen LogP contribution in [0.15, 0.2) is 12.1 Å². The number of ether oxygens (including phenoxy) is 1. The van der Waals surface area contributed by atoms with Gasteiger partial charge in [0.2, 0.25) is 5.91 Å². The van der Waals surface area contributed by atoms with Crippen LogP contribution < -0.4 is 11.1 Å². The largest absolute Gasteiger partial charge is 0.381 e. The van der Waals surface area contributed by atoms with E-state index in [0.29, 0.717) is 39.1 Å². The van der Waals surface area contributed by atoms with Crippen LogP contribution in [-0.4, -0.2) is 54.6 Å². The monoisotopic (exact) mass is 351 g/mol. The van der Waals surface area contributed by atoms with Crippen LogP contribution in [0, 0.1) is 6.92 Å². The molecule has 0 atom stereocenters. The van der Waals surface area contributed by atoms with Gasteiger partial charge in [-0.05, 0) is 44.7 Å². The minimum absolute atomic E-state index is 0.0161. The molecule has 6 nitrogen and oxygen atoms in total. The number of thiophene rings is 1. The molecule has 0 saturated carbocycles. The summed E-state index contributed by atoms with van der Waals surface area (Å²) in [6.45, 7) is 4.38. The number of carbonyl (C=O) groups excluding carboxylic acids is 2. The molecule has 0 radical (unpaired) electrons. The number of nitrogens with one attached hydrogen (secondary N) is 1. The van der Waals surface area contributed by atoms with Crippen LogP contribution in [0.3, 0.4) is 0 Å². The van der Waals surface area contributed by atoms with Gasteiger partial charge in [-0.15, -0.1) is 11.3 Å². The molecule has 2 aliphatic heterocycles. The molecule has 2 aliphatic rings. The molecule has 0 bridgehead atoms. The van der Waals surface area contributed by atoms with Crippen molar-refractivity contribution in [2.24, 2.45) is 5.73 Å². The first-order valence-corrected chi connectivity index (χ1v) is 9.33. The van der Waals surface area contributed by atoms with E-state index < -0.39 is 5.54 Å². The number of nitrogens with two attached hydrogens (primary N) is 1. The maximum absolute atomic E-state index is 12.7. The highest BCUT2D eigenvalue weighted by Crippen LogP contribution is 2.23. The zero-order valence-electron chi connectivity index (χ0n) is 14.0. The van der Waals surface area contributed by atoms with Crippen LogP contribution in [0.5, 0.6) is 0 Å². The van der Waals surface area contributed by atoms with Gasteiger partial charge in [0.1, 0.15) is 0 Å². The summed E-state index contributed by atoms with van der Waals surface area (Å²) >= 11 is 1.50. The molecule has 2 amide bonds. The SMILES string of the molecule is Cc1ccc(C(=O)NC2CCN(C(=O)C3(N)CCOCC3)CC2)s1. The zero-order chi connectivity index (χ0) is 17.2. The molecule has 0 spiro atoms. The van der Waals surface area contributed by atoms with E-state index >= 15 is 0 Å². The Morgan fingerprint density at radius 3 is 2.54 bits per heavy atom. The number of hydrogen-bond acceptors (Lipinski definition) is 5. The summed E-state index contributed by atoms with van der Waals surface area (Å²) in [7, 11) is 0. The summed E-state index contributed by atoms with van der Waals surface area (Å²) in [4.78, 5) is 28.6. The zero-order valence-corrected chi connectivity index (χ0v) is 14.9. The lowest BCUT2D eigenvalue weighted by molar-refractivity contribution is -0.141. The fourth-order valence-electron chi connectivity index (χ4n) is 3.30. The Morgan fingerprint density at radius 2 is 1.96 bits per heavy atom. The van der Waals surface area contributed by atoms with Crippen molar-refractivity contribution >= 4 is 23.2 Å². The highest BCUT2D eigenvalue weighted by Gasteiger charge is 2.40. The van der Waals surface area contributed by atoms with Crippen molar-refractivity contribution in [3.05, 3.63) is 21.9 Å². The standard InChI is InChI=1S/C17H25N3O3S/c1-12-2-3-14(24-12)15(21)19-13-4-8-20(9-5-13)16(22)17(18)6-10-23-11-7-17/h2-3,13H,4-11,18H2,1H3,(H,19,21). The Balaban J connectivity index is 1.50. The second-order valence-electron chi connectivity index (χ2n) is 6.72. The molecule has 0 aromatic carbocycles. The molecular formula is C17H25N3O3S. The molecule has 0 aliphatic carbocycles. The minimum atomic E-state index is -0.775. The van der Waals surface area contributed by atoms with Crippen LogP contribution in [-0.2, 0) is 9.53 Å². The summed E-state index contributed by atoms with van der Waals surface area (Å²) in [6.07, 6.45) is 2.71. The summed E-state index contributed by atoms with van der Waals surface area (Å²) in [5.41, 5.74) is 5.51. The number of piperidine rings is 1. The van der Waals surface area contributed by atoms with Crippen LogP contribution in [0.4, 0.5) is 0 Å². The summed E-state index contributed by atoms with van der Waals surface area (Å²) in [5.74, 6) is 0.0158. The van der Waals surface area contributed by atoms with Crippen molar-refractivity contribution in [2.75, 3.05) is 26.3 Å². The Hall–Kier alpha value is -1.44. The molecule has 3 N–H and O–H groups in total. The lowest BCUT2D eigenvalue weighted by Crippen LogP contribution is -2.60. The van der Waals surface area contributed by atoms with Crippen LogP contribution in [0.1, 0.15) is 40.2 Å².